The van der Waals surface area contributed by atoms with Gasteiger partial charge in [-0.15, -0.1) is 0 Å². The van der Waals surface area contributed by atoms with Crippen LogP contribution in [0.15, 0.2) is 48.5 Å². The summed E-state index contributed by atoms with van der Waals surface area (Å²) in [4.78, 5) is 24.7. The van der Waals surface area contributed by atoms with Crippen LogP contribution in [0.2, 0.25) is 0 Å². The summed E-state index contributed by atoms with van der Waals surface area (Å²) < 4.78 is 0. The van der Waals surface area contributed by atoms with Crippen molar-refractivity contribution in [3.63, 3.8) is 0 Å². The minimum absolute atomic E-state index is 0.0801. The molecule has 0 radical (unpaired) electrons. The molecule has 0 atom stereocenters. The highest BCUT2D eigenvalue weighted by atomic mass is 16.1. The number of allylic oxidation sites excluding steroid dienone is 2. The van der Waals surface area contributed by atoms with E-state index in [0.29, 0.717) is 16.7 Å². The second kappa shape index (κ2) is 4.57. The number of rotatable bonds is 1. The third-order valence-corrected chi connectivity index (χ3v) is 3.78. The van der Waals surface area contributed by atoms with E-state index < -0.39 is 0 Å². The maximum Gasteiger partial charge on any atom is 0.194 e. The van der Waals surface area contributed by atoms with Gasteiger partial charge in [-0.2, -0.15) is 0 Å². The molecule has 0 bridgehead atoms. The molecule has 0 unspecified atom stereocenters. The van der Waals surface area contributed by atoms with E-state index in [4.69, 9.17) is 0 Å². The van der Waals surface area contributed by atoms with Crippen LogP contribution in [0.1, 0.15) is 37.4 Å². The van der Waals surface area contributed by atoms with Gasteiger partial charge in [0.2, 0.25) is 0 Å². The van der Waals surface area contributed by atoms with Gasteiger partial charge in [0.25, 0.3) is 0 Å². The molecule has 0 fully saturated rings. The van der Waals surface area contributed by atoms with Crippen LogP contribution in [0.5, 0.6) is 0 Å². The van der Waals surface area contributed by atoms with Crippen molar-refractivity contribution in [3.05, 3.63) is 76.4 Å². The largest absolute Gasteiger partial charge is 0.289 e. The molecule has 3 rings (SSSR count). The topological polar surface area (TPSA) is 34.1 Å². The predicted molar refractivity (Wildman–Crippen MR) is 79.0 cm³/mol. The lowest BCUT2D eigenvalue weighted by Crippen LogP contribution is -2.16. The van der Waals surface area contributed by atoms with Crippen LogP contribution in [-0.4, -0.2) is 11.6 Å². The van der Waals surface area contributed by atoms with Crippen LogP contribution in [0.3, 0.4) is 0 Å². The van der Waals surface area contributed by atoms with Gasteiger partial charge in [-0.25, -0.2) is 0 Å². The first-order valence-corrected chi connectivity index (χ1v) is 6.55. The fourth-order valence-corrected chi connectivity index (χ4v) is 2.44. The van der Waals surface area contributed by atoms with E-state index in [1.54, 1.807) is 24.3 Å². The second-order valence-electron chi connectivity index (χ2n) is 5.10. The highest BCUT2D eigenvalue weighted by Gasteiger charge is 2.25. The summed E-state index contributed by atoms with van der Waals surface area (Å²) in [5.74, 6) is -0.183. The first-order valence-electron chi connectivity index (χ1n) is 6.55. The zero-order valence-electron chi connectivity index (χ0n) is 11.4. The Morgan fingerprint density at radius 1 is 0.800 bits per heavy atom. The van der Waals surface area contributed by atoms with Crippen molar-refractivity contribution in [2.45, 2.75) is 13.8 Å². The quantitative estimate of drug-likeness (QED) is 0.784. The number of Topliss-reactive ketones (excluding diaryl/α,β-unsaturated/α-hetero) is 1. The van der Waals surface area contributed by atoms with E-state index in [1.807, 2.05) is 32.0 Å². The van der Waals surface area contributed by atoms with Gasteiger partial charge in [-0.1, -0.05) is 42.5 Å². The molecule has 0 saturated carbocycles. The number of aryl methyl sites for hydroxylation is 2. The highest BCUT2D eigenvalue weighted by Crippen LogP contribution is 2.28. The van der Waals surface area contributed by atoms with E-state index in [-0.39, 0.29) is 11.6 Å². The van der Waals surface area contributed by atoms with Crippen LogP contribution in [0, 0.1) is 13.8 Å². The monoisotopic (exact) mass is 262 g/mol. The number of benzene rings is 2. The minimum atomic E-state index is -0.103. The van der Waals surface area contributed by atoms with Gasteiger partial charge >= 0.3 is 0 Å². The van der Waals surface area contributed by atoms with Gasteiger partial charge in [0.1, 0.15) is 0 Å². The van der Waals surface area contributed by atoms with Crippen LogP contribution in [0.4, 0.5) is 0 Å². The van der Waals surface area contributed by atoms with E-state index in [1.165, 1.54) is 11.6 Å². The fourth-order valence-electron chi connectivity index (χ4n) is 2.44. The SMILES string of the molecule is Cc1ccc(C2=CC(=O)c3ccccc3C2=O)cc1C. The summed E-state index contributed by atoms with van der Waals surface area (Å²) in [6, 6.07) is 12.8. The second-order valence-corrected chi connectivity index (χ2v) is 5.10. The molecule has 1 aliphatic rings. The standard InChI is InChI=1S/C18H14O2/c1-11-7-8-13(9-12(11)2)16-10-17(19)14-5-3-4-6-15(14)18(16)20/h3-10H,1-2H3. The molecular weight excluding hydrogens is 248 g/mol. The summed E-state index contributed by atoms with van der Waals surface area (Å²) in [5, 5.41) is 0. The fraction of sp³-hybridized carbons (Fsp3) is 0.111. The summed E-state index contributed by atoms with van der Waals surface area (Å²) in [7, 11) is 0. The molecule has 0 N–H and O–H groups in total. The zero-order chi connectivity index (χ0) is 14.3. The highest BCUT2D eigenvalue weighted by molar-refractivity contribution is 6.38. The molecule has 0 amide bonds. The van der Waals surface area contributed by atoms with Crippen molar-refractivity contribution < 1.29 is 9.59 Å². The first kappa shape index (κ1) is 12.5. The van der Waals surface area contributed by atoms with Gasteiger partial charge in [0.05, 0.1) is 0 Å². The number of fused-ring (bicyclic) bond motifs is 1. The molecule has 0 spiro atoms. The Kier molecular flexibility index (Phi) is 2.87. The maximum atomic E-state index is 12.5. The van der Waals surface area contributed by atoms with Crippen LogP contribution in [-0.2, 0) is 0 Å². The molecule has 2 aromatic rings. The Hall–Kier alpha value is -2.48. The molecule has 0 aromatic heterocycles. The van der Waals surface area contributed by atoms with Crippen LogP contribution in [0.25, 0.3) is 5.57 Å². The minimum Gasteiger partial charge on any atom is -0.289 e. The van der Waals surface area contributed by atoms with Gasteiger partial charge in [0, 0.05) is 16.7 Å². The Morgan fingerprint density at radius 3 is 2.20 bits per heavy atom. The zero-order valence-corrected chi connectivity index (χ0v) is 11.4. The summed E-state index contributed by atoms with van der Waals surface area (Å²) in [6.45, 7) is 4.03. The molecule has 20 heavy (non-hydrogen) atoms. The van der Waals surface area contributed by atoms with Crippen molar-refractivity contribution >= 4 is 17.1 Å². The van der Waals surface area contributed by atoms with Crippen LogP contribution >= 0.6 is 0 Å². The Labute approximate surface area is 117 Å². The number of hydrogen-bond acceptors (Lipinski definition) is 2. The summed E-state index contributed by atoms with van der Waals surface area (Å²) in [5.41, 5.74) is 4.56. The molecule has 0 heterocycles. The van der Waals surface area contributed by atoms with Crippen molar-refractivity contribution in [2.75, 3.05) is 0 Å². The average Bonchev–Trinajstić information content (AvgIpc) is 2.46. The lowest BCUT2D eigenvalue weighted by Gasteiger charge is -2.15. The molecule has 1 aliphatic carbocycles. The Bertz CT molecular complexity index is 767. The van der Waals surface area contributed by atoms with Crippen molar-refractivity contribution in [1.82, 2.24) is 0 Å². The van der Waals surface area contributed by atoms with Gasteiger partial charge in [0.15, 0.2) is 11.6 Å². The molecule has 2 aromatic carbocycles. The number of carbonyl (C=O) groups is 2. The van der Waals surface area contributed by atoms with Crippen LogP contribution < -0.4 is 0 Å². The Balaban J connectivity index is 2.14. The van der Waals surface area contributed by atoms with Gasteiger partial charge < -0.3 is 0 Å². The van der Waals surface area contributed by atoms with Gasteiger partial charge in [-0.05, 0) is 36.6 Å². The van der Waals surface area contributed by atoms with E-state index in [0.717, 1.165) is 11.1 Å². The van der Waals surface area contributed by atoms with E-state index >= 15 is 0 Å². The molecule has 98 valence electrons. The van der Waals surface area contributed by atoms with Gasteiger partial charge in [-0.3, -0.25) is 9.59 Å². The molecule has 0 aliphatic heterocycles. The molecule has 0 saturated heterocycles. The predicted octanol–water partition coefficient (Wildman–Crippen LogP) is 3.77. The first-order chi connectivity index (χ1) is 9.58. The summed E-state index contributed by atoms with van der Waals surface area (Å²) in [6.07, 6.45) is 1.45. The van der Waals surface area contributed by atoms with E-state index in [2.05, 4.69) is 0 Å². The third kappa shape index (κ3) is 1.90. The lowest BCUT2D eigenvalue weighted by molar-refractivity contribution is 0.100. The smallest absolute Gasteiger partial charge is 0.194 e. The normalized spacial score (nSPS) is 14.0. The molecule has 2 nitrogen and oxygen atoms in total. The number of ketones is 2. The average molecular weight is 262 g/mol. The summed E-state index contributed by atoms with van der Waals surface area (Å²) >= 11 is 0. The Morgan fingerprint density at radius 2 is 1.50 bits per heavy atom. The van der Waals surface area contributed by atoms with E-state index in [9.17, 15) is 9.59 Å². The third-order valence-electron chi connectivity index (χ3n) is 3.78. The van der Waals surface area contributed by atoms with Crippen molar-refractivity contribution in [1.29, 1.82) is 0 Å². The maximum absolute atomic E-state index is 12.5. The van der Waals surface area contributed by atoms with Crippen molar-refractivity contribution in [2.24, 2.45) is 0 Å². The number of hydrogen-bond donors (Lipinski definition) is 0. The lowest BCUT2D eigenvalue weighted by atomic mass is 9.85. The molecular formula is C18H14O2. The number of carbonyl (C=O) groups excluding carboxylic acids is 2. The van der Waals surface area contributed by atoms with Crippen molar-refractivity contribution in [3.8, 4) is 0 Å². The molecule has 2 heteroatoms.